The Bertz CT molecular complexity index is 1640. The topological polar surface area (TPSA) is 69.6 Å². The van der Waals surface area contributed by atoms with E-state index in [1.165, 1.54) is 17.0 Å². The highest BCUT2D eigenvalue weighted by atomic mass is 19.4. The number of ether oxygens (including phenoxy) is 1. The fourth-order valence-electron chi connectivity index (χ4n) is 5.91. The molecule has 0 aliphatic carbocycles. The second-order valence-electron chi connectivity index (χ2n) is 11.7. The standard InChI is InChI=1S/C29H32F4N6O2/c1-19(37-9-7-27(2,30)8-10-37)20-11-23(29(31,32)33)24-15-38(26(40)39(24)14-20)22-6-4-5-21(12-22)28(16-41-17-28)13-25-35-34-18-36(25)3/h4-6,11-12,14-15,18-19H,7-10,13,16-17H2,1-3H3/t19-/m0/s1. The minimum atomic E-state index is -4.68. The lowest BCUT2D eigenvalue weighted by molar-refractivity contribution is -0.136. The number of pyridine rings is 1. The van der Waals surface area contributed by atoms with Gasteiger partial charge in [-0.05, 0) is 56.0 Å². The average molecular weight is 573 g/mol. The number of piperidine rings is 1. The summed E-state index contributed by atoms with van der Waals surface area (Å²) in [5, 5.41) is 8.15. The van der Waals surface area contributed by atoms with Gasteiger partial charge in [0.1, 0.15) is 17.8 Å². The van der Waals surface area contributed by atoms with Crippen LogP contribution in [0, 0.1) is 0 Å². The minimum Gasteiger partial charge on any atom is -0.379 e. The molecular formula is C29H32F4N6O2. The SMILES string of the molecule is C[C@@H](c1cc(C(F)(F)F)c2cn(-c3cccc(C4(Cc5nncn5C)COC4)c3)c(=O)n2c1)N1CCC(C)(F)CC1. The highest BCUT2D eigenvalue weighted by Crippen LogP contribution is 2.38. The number of imidazole rings is 1. The van der Waals surface area contributed by atoms with Crippen LogP contribution in [0.2, 0.25) is 0 Å². The van der Waals surface area contributed by atoms with Crippen molar-refractivity contribution in [2.24, 2.45) is 7.05 Å². The van der Waals surface area contributed by atoms with Crippen LogP contribution in [0.15, 0.2) is 53.8 Å². The molecule has 2 fully saturated rings. The van der Waals surface area contributed by atoms with Gasteiger partial charge in [-0.25, -0.2) is 9.18 Å². The zero-order chi connectivity index (χ0) is 29.2. The maximum Gasteiger partial charge on any atom is 0.418 e. The summed E-state index contributed by atoms with van der Waals surface area (Å²) in [6, 6.07) is 7.96. The first-order chi connectivity index (χ1) is 19.4. The van der Waals surface area contributed by atoms with Crippen molar-refractivity contribution in [2.45, 2.75) is 56.4 Å². The van der Waals surface area contributed by atoms with Crippen molar-refractivity contribution < 1.29 is 22.3 Å². The van der Waals surface area contributed by atoms with Gasteiger partial charge in [0.25, 0.3) is 0 Å². The molecule has 2 aliphatic rings. The van der Waals surface area contributed by atoms with Crippen LogP contribution in [-0.2, 0) is 29.8 Å². The molecule has 0 saturated carbocycles. The lowest BCUT2D eigenvalue weighted by atomic mass is 9.75. The third-order valence-electron chi connectivity index (χ3n) is 8.76. The number of hydrogen-bond donors (Lipinski definition) is 0. The molecule has 0 N–H and O–H groups in total. The predicted molar refractivity (Wildman–Crippen MR) is 144 cm³/mol. The van der Waals surface area contributed by atoms with Gasteiger partial charge in [-0.1, -0.05) is 12.1 Å². The molecule has 218 valence electrons. The number of rotatable bonds is 6. The maximum absolute atomic E-state index is 14.4. The van der Waals surface area contributed by atoms with Crippen molar-refractivity contribution in [3.8, 4) is 5.69 Å². The largest absolute Gasteiger partial charge is 0.418 e. The summed E-state index contributed by atoms with van der Waals surface area (Å²) in [6.07, 6.45) is 0.865. The van der Waals surface area contributed by atoms with E-state index >= 15 is 0 Å². The Morgan fingerprint density at radius 3 is 2.46 bits per heavy atom. The number of likely N-dealkylation sites (tertiary alicyclic amines) is 1. The van der Waals surface area contributed by atoms with Gasteiger partial charge >= 0.3 is 11.9 Å². The number of aromatic nitrogens is 5. The number of alkyl halides is 4. The van der Waals surface area contributed by atoms with Crippen molar-refractivity contribution in [2.75, 3.05) is 26.3 Å². The molecule has 41 heavy (non-hydrogen) atoms. The van der Waals surface area contributed by atoms with E-state index in [1.54, 1.807) is 32.3 Å². The van der Waals surface area contributed by atoms with Crippen LogP contribution >= 0.6 is 0 Å². The number of benzene rings is 1. The summed E-state index contributed by atoms with van der Waals surface area (Å²) >= 11 is 0. The predicted octanol–water partition coefficient (Wildman–Crippen LogP) is 4.63. The van der Waals surface area contributed by atoms with E-state index in [9.17, 15) is 22.4 Å². The Kier molecular flexibility index (Phi) is 6.61. The Morgan fingerprint density at radius 2 is 1.85 bits per heavy atom. The molecule has 6 rings (SSSR count). The van der Waals surface area contributed by atoms with Gasteiger partial charge in [-0.15, -0.1) is 10.2 Å². The van der Waals surface area contributed by atoms with E-state index in [2.05, 4.69) is 10.2 Å². The van der Waals surface area contributed by atoms with Crippen LogP contribution in [-0.4, -0.2) is 60.6 Å². The third-order valence-corrected chi connectivity index (χ3v) is 8.76. The summed E-state index contributed by atoms with van der Waals surface area (Å²) in [6.45, 7) is 5.10. The second kappa shape index (κ2) is 9.80. The molecule has 1 atom stereocenters. The number of nitrogens with zero attached hydrogens (tertiary/aromatic N) is 6. The molecule has 0 spiro atoms. The Hall–Kier alpha value is -3.51. The van der Waals surface area contributed by atoms with Gasteiger partial charge in [0, 0.05) is 50.4 Å². The lowest BCUT2D eigenvalue weighted by Gasteiger charge is -2.41. The Morgan fingerprint density at radius 1 is 1.12 bits per heavy atom. The van der Waals surface area contributed by atoms with Crippen molar-refractivity contribution in [3.05, 3.63) is 82.1 Å². The minimum absolute atomic E-state index is 0.223. The van der Waals surface area contributed by atoms with Crippen molar-refractivity contribution >= 4 is 5.52 Å². The molecule has 1 aromatic carbocycles. The van der Waals surface area contributed by atoms with Gasteiger partial charge in [0.05, 0.1) is 30.0 Å². The highest BCUT2D eigenvalue weighted by Gasteiger charge is 2.42. The molecule has 12 heteroatoms. The summed E-state index contributed by atoms with van der Waals surface area (Å²) in [5.74, 6) is 0.784. The first-order valence-electron chi connectivity index (χ1n) is 13.7. The van der Waals surface area contributed by atoms with Crippen LogP contribution in [0.1, 0.15) is 55.2 Å². The van der Waals surface area contributed by atoms with E-state index in [-0.39, 0.29) is 10.9 Å². The molecule has 4 aromatic rings. The molecule has 8 nitrogen and oxygen atoms in total. The van der Waals surface area contributed by atoms with E-state index in [0.717, 1.165) is 21.9 Å². The van der Waals surface area contributed by atoms with E-state index < -0.39 is 29.1 Å². The lowest BCUT2D eigenvalue weighted by Crippen LogP contribution is -2.49. The van der Waals surface area contributed by atoms with Gasteiger partial charge in [-0.3, -0.25) is 13.9 Å². The fraction of sp³-hybridized carbons (Fsp3) is 0.483. The van der Waals surface area contributed by atoms with E-state index in [0.29, 0.717) is 56.8 Å². The first kappa shape index (κ1) is 27.6. The van der Waals surface area contributed by atoms with Crippen molar-refractivity contribution in [1.29, 1.82) is 0 Å². The fourth-order valence-corrected chi connectivity index (χ4v) is 5.91. The van der Waals surface area contributed by atoms with Gasteiger partial charge in [0.2, 0.25) is 0 Å². The smallest absolute Gasteiger partial charge is 0.379 e. The molecule has 0 amide bonds. The Labute approximate surface area is 234 Å². The van der Waals surface area contributed by atoms with E-state index in [1.807, 2.05) is 28.6 Å². The van der Waals surface area contributed by atoms with Crippen LogP contribution < -0.4 is 5.69 Å². The molecular weight excluding hydrogens is 540 g/mol. The quantitative estimate of drug-likeness (QED) is 0.315. The normalized spacial score (nSPS) is 19.8. The third kappa shape index (κ3) is 4.97. The molecule has 0 unspecified atom stereocenters. The summed E-state index contributed by atoms with van der Waals surface area (Å²) in [5.41, 5.74) is -1.65. The molecule has 5 heterocycles. The first-order valence-corrected chi connectivity index (χ1v) is 13.7. The molecule has 3 aromatic heterocycles. The highest BCUT2D eigenvalue weighted by molar-refractivity contribution is 5.58. The molecule has 0 radical (unpaired) electrons. The second-order valence-corrected chi connectivity index (χ2v) is 11.7. The average Bonchev–Trinajstić information content (AvgIpc) is 3.46. The summed E-state index contributed by atoms with van der Waals surface area (Å²) in [7, 11) is 1.86. The van der Waals surface area contributed by atoms with Crippen molar-refractivity contribution in [1.82, 2.24) is 28.6 Å². The van der Waals surface area contributed by atoms with Crippen LogP contribution in [0.5, 0.6) is 0 Å². The monoisotopic (exact) mass is 572 g/mol. The van der Waals surface area contributed by atoms with Gasteiger partial charge in [0.15, 0.2) is 0 Å². The van der Waals surface area contributed by atoms with Crippen molar-refractivity contribution in [3.63, 3.8) is 0 Å². The summed E-state index contributed by atoms with van der Waals surface area (Å²) in [4.78, 5) is 15.6. The van der Waals surface area contributed by atoms with E-state index in [4.69, 9.17) is 4.74 Å². The van der Waals surface area contributed by atoms with Crippen LogP contribution in [0.25, 0.3) is 11.2 Å². The van der Waals surface area contributed by atoms with Crippen LogP contribution in [0.3, 0.4) is 0 Å². The Balaban J connectivity index is 1.40. The van der Waals surface area contributed by atoms with Gasteiger partial charge in [-0.2, -0.15) is 13.2 Å². The number of halogens is 4. The number of fused-ring (bicyclic) bond motifs is 1. The molecule has 2 saturated heterocycles. The zero-order valence-corrected chi connectivity index (χ0v) is 23.2. The molecule has 0 bridgehead atoms. The maximum atomic E-state index is 14.4. The van der Waals surface area contributed by atoms with Gasteiger partial charge < -0.3 is 9.30 Å². The summed E-state index contributed by atoms with van der Waals surface area (Å²) < 4.78 is 67.1. The molecule has 2 aliphatic heterocycles. The zero-order valence-electron chi connectivity index (χ0n) is 23.2. The number of aryl methyl sites for hydroxylation is 1. The van der Waals surface area contributed by atoms with Crippen LogP contribution in [0.4, 0.5) is 17.6 Å². The number of hydrogen-bond acceptors (Lipinski definition) is 5.